The van der Waals surface area contributed by atoms with Crippen LogP contribution in [-0.2, 0) is 9.47 Å². The normalized spacial score (nSPS) is 33.7. The van der Waals surface area contributed by atoms with Gasteiger partial charge in [0.15, 0.2) is 6.29 Å². The molecule has 1 aliphatic carbocycles. The Hall–Kier alpha value is -0.670. The molecule has 0 aromatic rings. The van der Waals surface area contributed by atoms with E-state index in [-0.39, 0.29) is 12.1 Å². The van der Waals surface area contributed by atoms with Crippen molar-refractivity contribution in [1.29, 1.82) is 0 Å². The van der Waals surface area contributed by atoms with E-state index in [0.29, 0.717) is 18.3 Å². The van der Waals surface area contributed by atoms with Crippen molar-refractivity contribution in [2.24, 2.45) is 11.8 Å². The molecule has 18 heavy (non-hydrogen) atoms. The summed E-state index contributed by atoms with van der Waals surface area (Å²) in [4.78, 5) is 0. The smallest absolute Gasteiger partial charge is 0.160 e. The van der Waals surface area contributed by atoms with E-state index >= 15 is 0 Å². The molecule has 2 aliphatic rings. The van der Waals surface area contributed by atoms with Gasteiger partial charge in [-0.15, -0.1) is 0 Å². The Balaban J connectivity index is 1.73. The number of hydrogen-bond acceptors (Lipinski definition) is 2. The SMILES string of the molecule is CCCC=CC1COC(C2CC=C(F)CC2)OC1. The Labute approximate surface area is 109 Å². The number of hydrogen-bond donors (Lipinski definition) is 0. The van der Waals surface area contributed by atoms with Gasteiger partial charge in [0.25, 0.3) is 0 Å². The molecule has 1 fully saturated rings. The first-order valence-corrected chi connectivity index (χ1v) is 7.04. The van der Waals surface area contributed by atoms with Crippen molar-refractivity contribution in [3.8, 4) is 0 Å². The van der Waals surface area contributed by atoms with Crippen molar-refractivity contribution >= 4 is 0 Å². The second-order valence-electron chi connectivity index (χ2n) is 5.20. The standard InChI is InChI=1S/C15H23FO2/c1-2-3-4-5-12-10-17-15(18-11-12)13-6-8-14(16)9-7-13/h4-5,8,12-13,15H,2-3,6-7,9-11H2,1H3. The van der Waals surface area contributed by atoms with E-state index < -0.39 is 0 Å². The van der Waals surface area contributed by atoms with E-state index in [1.807, 2.05) is 0 Å². The largest absolute Gasteiger partial charge is 0.352 e. The van der Waals surface area contributed by atoms with Gasteiger partial charge in [-0.2, -0.15) is 0 Å². The van der Waals surface area contributed by atoms with Crippen LogP contribution in [0, 0.1) is 11.8 Å². The Bertz CT molecular complexity index is 304. The second kappa shape index (κ2) is 7.05. The van der Waals surface area contributed by atoms with Crippen molar-refractivity contribution < 1.29 is 13.9 Å². The van der Waals surface area contributed by atoms with Gasteiger partial charge in [0.2, 0.25) is 0 Å². The van der Waals surface area contributed by atoms with Gasteiger partial charge >= 0.3 is 0 Å². The number of ether oxygens (including phenoxy) is 2. The molecule has 0 radical (unpaired) electrons. The van der Waals surface area contributed by atoms with Crippen LogP contribution in [0.15, 0.2) is 24.1 Å². The third kappa shape index (κ3) is 3.92. The lowest BCUT2D eigenvalue weighted by Crippen LogP contribution is -2.36. The minimum Gasteiger partial charge on any atom is -0.352 e. The van der Waals surface area contributed by atoms with Gasteiger partial charge in [-0.25, -0.2) is 4.39 Å². The molecule has 1 unspecified atom stereocenters. The zero-order valence-corrected chi connectivity index (χ0v) is 11.1. The monoisotopic (exact) mass is 254 g/mol. The van der Waals surface area contributed by atoms with Crippen molar-refractivity contribution in [2.75, 3.05) is 13.2 Å². The molecule has 102 valence electrons. The molecule has 0 saturated carbocycles. The minimum absolute atomic E-state index is 0.0161. The maximum Gasteiger partial charge on any atom is 0.160 e. The van der Waals surface area contributed by atoms with Crippen LogP contribution in [0.5, 0.6) is 0 Å². The fourth-order valence-corrected chi connectivity index (χ4v) is 2.44. The predicted molar refractivity (Wildman–Crippen MR) is 69.8 cm³/mol. The summed E-state index contributed by atoms with van der Waals surface area (Å²) in [7, 11) is 0. The average Bonchev–Trinajstić information content (AvgIpc) is 2.41. The molecule has 0 bridgehead atoms. The molecule has 0 aromatic carbocycles. The molecular weight excluding hydrogens is 231 g/mol. The van der Waals surface area contributed by atoms with Gasteiger partial charge in [-0.3, -0.25) is 0 Å². The van der Waals surface area contributed by atoms with Crippen LogP contribution in [0.3, 0.4) is 0 Å². The molecule has 1 aliphatic heterocycles. The van der Waals surface area contributed by atoms with Gasteiger partial charge in [0.05, 0.1) is 19.0 Å². The summed E-state index contributed by atoms with van der Waals surface area (Å²) in [5, 5.41) is 0. The fraction of sp³-hybridized carbons (Fsp3) is 0.733. The molecule has 1 heterocycles. The average molecular weight is 254 g/mol. The topological polar surface area (TPSA) is 18.5 Å². The maximum atomic E-state index is 12.9. The van der Waals surface area contributed by atoms with Crippen molar-refractivity contribution in [2.45, 2.75) is 45.3 Å². The van der Waals surface area contributed by atoms with E-state index in [0.717, 1.165) is 32.5 Å². The van der Waals surface area contributed by atoms with Crippen LogP contribution in [0.1, 0.15) is 39.0 Å². The molecule has 0 N–H and O–H groups in total. The molecule has 0 spiro atoms. The first kappa shape index (κ1) is 13.8. The van der Waals surface area contributed by atoms with E-state index in [4.69, 9.17) is 9.47 Å². The van der Waals surface area contributed by atoms with Crippen molar-refractivity contribution in [3.63, 3.8) is 0 Å². The Morgan fingerprint density at radius 2 is 2.17 bits per heavy atom. The number of allylic oxidation sites excluding steroid dienone is 3. The highest BCUT2D eigenvalue weighted by Gasteiger charge is 2.29. The van der Waals surface area contributed by atoms with Crippen molar-refractivity contribution in [3.05, 3.63) is 24.1 Å². The van der Waals surface area contributed by atoms with Crippen LogP contribution >= 0.6 is 0 Å². The van der Waals surface area contributed by atoms with Gasteiger partial charge in [0, 0.05) is 11.8 Å². The van der Waals surface area contributed by atoms with Gasteiger partial charge < -0.3 is 9.47 Å². The van der Waals surface area contributed by atoms with Crippen LogP contribution in [-0.4, -0.2) is 19.5 Å². The Morgan fingerprint density at radius 3 is 2.78 bits per heavy atom. The Morgan fingerprint density at radius 1 is 1.39 bits per heavy atom. The molecule has 1 saturated heterocycles. The summed E-state index contributed by atoms with van der Waals surface area (Å²) in [6, 6.07) is 0. The third-order valence-electron chi connectivity index (χ3n) is 3.59. The molecule has 3 heteroatoms. The van der Waals surface area contributed by atoms with Crippen molar-refractivity contribution in [1.82, 2.24) is 0 Å². The summed E-state index contributed by atoms with van der Waals surface area (Å²) in [5.41, 5.74) is 0. The molecule has 2 rings (SSSR count). The zero-order chi connectivity index (χ0) is 12.8. The third-order valence-corrected chi connectivity index (χ3v) is 3.59. The molecule has 0 amide bonds. The molecular formula is C15H23FO2. The quantitative estimate of drug-likeness (QED) is 0.706. The second-order valence-corrected chi connectivity index (χ2v) is 5.20. The van der Waals surface area contributed by atoms with E-state index in [2.05, 4.69) is 19.1 Å². The first-order chi connectivity index (χ1) is 8.79. The lowest BCUT2D eigenvalue weighted by Gasteiger charge is -2.34. The highest BCUT2D eigenvalue weighted by molar-refractivity contribution is 4.99. The molecule has 0 aromatic heterocycles. The molecule has 2 nitrogen and oxygen atoms in total. The van der Waals surface area contributed by atoms with Crippen LogP contribution in [0.2, 0.25) is 0 Å². The number of unbranched alkanes of at least 4 members (excludes halogenated alkanes) is 1. The van der Waals surface area contributed by atoms with Gasteiger partial charge in [0.1, 0.15) is 0 Å². The van der Waals surface area contributed by atoms with Crippen LogP contribution in [0.4, 0.5) is 4.39 Å². The zero-order valence-electron chi connectivity index (χ0n) is 11.1. The first-order valence-electron chi connectivity index (χ1n) is 7.04. The number of rotatable bonds is 4. The maximum absolute atomic E-state index is 12.9. The highest BCUT2D eigenvalue weighted by Crippen LogP contribution is 2.30. The van der Waals surface area contributed by atoms with E-state index in [1.54, 1.807) is 6.08 Å². The van der Waals surface area contributed by atoms with Gasteiger partial charge in [-0.05, 0) is 25.7 Å². The fourth-order valence-electron chi connectivity index (χ4n) is 2.44. The Kier molecular flexibility index (Phi) is 5.39. The highest BCUT2D eigenvalue weighted by atomic mass is 19.1. The summed E-state index contributed by atoms with van der Waals surface area (Å²) in [6.45, 7) is 3.63. The lowest BCUT2D eigenvalue weighted by molar-refractivity contribution is -0.219. The summed E-state index contributed by atoms with van der Waals surface area (Å²) >= 11 is 0. The number of halogens is 1. The summed E-state index contributed by atoms with van der Waals surface area (Å²) < 4.78 is 24.5. The van der Waals surface area contributed by atoms with Crippen LogP contribution < -0.4 is 0 Å². The van der Waals surface area contributed by atoms with Crippen LogP contribution in [0.25, 0.3) is 0 Å². The minimum atomic E-state index is -0.134. The molecule has 1 atom stereocenters. The van der Waals surface area contributed by atoms with Gasteiger partial charge in [-0.1, -0.05) is 31.6 Å². The summed E-state index contributed by atoms with van der Waals surface area (Å²) in [6.07, 6.45) is 10.3. The lowest BCUT2D eigenvalue weighted by atomic mass is 9.92. The van der Waals surface area contributed by atoms with E-state index in [9.17, 15) is 4.39 Å². The van der Waals surface area contributed by atoms with E-state index in [1.165, 1.54) is 6.42 Å². The summed E-state index contributed by atoms with van der Waals surface area (Å²) in [5.74, 6) is 0.719. The predicted octanol–water partition coefficient (Wildman–Crippen LogP) is 3.99.